The lowest BCUT2D eigenvalue weighted by Gasteiger charge is -2.43. The minimum Gasteiger partial charge on any atom is -0.271 e. The molecule has 1 N–H and O–H groups in total. The number of nitrogens with one attached hydrogen (secondary N) is 1. The Kier molecular flexibility index (Phi) is 5.17. The maximum atomic E-state index is 13.5. The summed E-state index contributed by atoms with van der Waals surface area (Å²) in [5, 5.41) is 10.7. The van der Waals surface area contributed by atoms with E-state index in [1.807, 2.05) is 0 Å². The first-order chi connectivity index (χ1) is 15.1. The molecule has 1 aliphatic rings. The second kappa shape index (κ2) is 7.71. The molecule has 13 heteroatoms. The Balaban J connectivity index is 1.66. The van der Waals surface area contributed by atoms with Crippen LogP contribution in [0.1, 0.15) is 27.7 Å². The number of hydrazine groups is 1. The lowest BCUT2D eigenvalue weighted by molar-refractivity contribution is -0.384. The highest BCUT2D eigenvalue weighted by molar-refractivity contribution is 6.33. The van der Waals surface area contributed by atoms with E-state index in [0.717, 1.165) is 11.1 Å². The van der Waals surface area contributed by atoms with Crippen LogP contribution in [0.25, 0.3) is 11.0 Å². The van der Waals surface area contributed by atoms with Gasteiger partial charge in [-0.2, -0.15) is 13.2 Å². The molecule has 1 aliphatic heterocycles. The van der Waals surface area contributed by atoms with Crippen LogP contribution in [-0.2, 0) is 11.0 Å². The molecule has 9 nitrogen and oxygen atoms in total. The molecule has 2 aromatic heterocycles. The zero-order valence-corrected chi connectivity index (χ0v) is 16.5. The molecule has 0 aliphatic carbocycles. The molecule has 3 aromatic rings. The van der Waals surface area contributed by atoms with E-state index in [-0.39, 0.29) is 16.7 Å². The van der Waals surface area contributed by atoms with Crippen LogP contribution in [0, 0.1) is 10.1 Å². The van der Waals surface area contributed by atoms with Gasteiger partial charge in [-0.25, -0.2) is 15.0 Å². The number of non-ortho nitro benzene ring substituents is 1. The van der Waals surface area contributed by atoms with E-state index < -0.39 is 45.6 Å². The summed E-state index contributed by atoms with van der Waals surface area (Å²) in [6.07, 6.45) is -3.69. The van der Waals surface area contributed by atoms with Gasteiger partial charge < -0.3 is 0 Å². The number of carbonyl (C=O) groups excluding carboxylic acids is 2. The maximum Gasteiger partial charge on any atom is 0.434 e. The number of fused-ring (bicyclic) bond motifs is 1. The second-order valence-corrected chi connectivity index (χ2v) is 7.25. The highest BCUT2D eigenvalue weighted by Gasteiger charge is 2.49. The molecule has 164 valence electrons. The Bertz CT molecular complexity index is 1250. The zero-order chi connectivity index (χ0) is 23.2. The third kappa shape index (κ3) is 3.68. The van der Waals surface area contributed by atoms with Crippen LogP contribution in [0.4, 0.5) is 18.9 Å². The number of alkyl halides is 4. The number of rotatable bonds is 4. The molecule has 0 radical (unpaired) electrons. The van der Waals surface area contributed by atoms with Crippen molar-refractivity contribution in [1.29, 1.82) is 0 Å². The lowest BCUT2D eigenvalue weighted by atomic mass is 9.95. The Morgan fingerprint density at radius 1 is 1.22 bits per heavy atom. The van der Waals surface area contributed by atoms with Crippen LogP contribution >= 0.6 is 11.6 Å². The smallest absolute Gasteiger partial charge is 0.271 e. The van der Waals surface area contributed by atoms with Crippen LogP contribution < -0.4 is 5.43 Å². The van der Waals surface area contributed by atoms with Crippen molar-refractivity contribution < 1.29 is 27.7 Å². The normalized spacial score (nSPS) is 18.4. The van der Waals surface area contributed by atoms with Gasteiger partial charge in [-0.15, -0.1) is 11.6 Å². The summed E-state index contributed by atoms with van der Waals surface area (Å²) in [6.45, 7) is 0. The Morgan fingerprint density at radius 2 is 1.91 bits per heavy atom. The standard InChI is InChI=1S/C19H11ClF3N5O4/c20-13-14(9-3-5-11(6-4-9)28(31)32)27(18(13)30)26-17(29)12-8-10-2-1-7-24-16(10)25-15(12)19(21,22)23/h1-8,13-14H,(H,26,29). The summed E-state index contributed by atoms with van der Waals surface area (Å²) in [6, 6.07) is 8.02. The van der Waals surface area contributed by atoms with Crippen LogP contribution in [0.5, 0.6) is 0 Å². The van der Waals surface area contributed by atoms with Crippen molar-refractivity contribution >= 4 is 40.1 Å². The third-order valence-electron chi connectivity index (χ3n) is 4.80. The molecular weight excluding hydrogens is 455 g/mol. The molecule has 0 spiro atoms. The van der Waals surface area contributed by atoms with Crippen molar-refractivity contribution in [3.63, 3.8) is 0 Å². The number of nitrogens with zero attached hydrogens (tertiary/aromatic N) is 4. The maximum absolute atomic E-state index is 13.5. The molecule has 0 bridgehead atoms. The topological polar surface area (TPSA) is 118 Å². The van der Waals surface area contributed by atoms with Gasteiger partial charge in [-0.1, -0.05) is 0 Å². The summed E-state index contributed by atoms with van der Waals surface area (Å²) >= 11 is 6.03. The summed E-state index contributed by atoms with van der Waals surface area (Å²) in [5.41, 5.74) is -0.154. The number of amides is 2. The van der Waals surface area contributed by atoms with Crippen LogP contribution in [0.15, 0.2) is 48.7 Å². The van der Waals surface area contributed by atoms with E-state index in [2.05, 4.69) is 15.4 Å². The first-order valence-corrected chi connectivity index (χ1v) is 9.37. The molecule has 32 heavy (non-hydrogen) atoms. The molecule has 3 heterocycles. The summed E-state index contributed by atoms with van der Waals surface area (Å²) < 4.78 is 40.6. The number of nitro groups is 1. The fraction of sp³-hybridized carbons (Fsp3) is 0.158. The monoisotopic (exact) mass is 465 g/mol. The number of β-lactam (4-membered cyclic amide) rings is 1. The van der Waals surface area contributed by atoms with Crippen molar-refractivity contribution in [2.24, 2.45) is 0 Å². The van der Waals surface area contributed by atoms with Gasteiger partial charge in [0.25, 0.3) is 17.5 Å². The SMILES string of the molecule is O=C(NN1C(=O)C(Cl)C1c1ccc([N+](=O)[O-])cc1)c1cc2cccnc2nc1C(F)(F)F. The fourth-order valence-electron chi connectivity index (χ4n) is 3.25. The number of benzene rings is 1. The molecule has 4 rings (SSSR count). The zero-order valence-electron chi connectivity index (χ0n) is 15.7. The minimum absolute atomic E-state index is 0.194. The average Bonchev–Trinajstić information content (AvgIpc) is 2.77. The van der Waals surface area contributed by atoms with Gasteiger partial charge in [0.05, 0.1) is 10.5 Å². The number of hydrogen-bond acceptors (Lipinski definition) is 6. The van der Waals surface area contributed by atoms with Gasteiger partial charge in [-0.3, -0.25) is 25.1 Å². The van der Waals surface area contributed by atoms with Crippen LogP contribution in [0.2, 0.25) is 0 Å². The Hall–Kier alpha value is -3.80. The third-order valence-corrected chi connectivity index (χ3v) is 5.22. The molecule has 1 aromatic carbocycles. The number of carbonyl (C=O) groups is 2. The van der Waals surface area contributed by atoms with Gasteiger partial charge in [0.2, 0.25) is 0 Å². The first-order valence-electron chi connectivity index (χ1n) is 8.93. The van der Waals surface area contributed by atoms with Crippen molar-refractivity contribution in [1.82, 2.24) is 20.4 Å². The van der Waals surface area contributed by atoms with Crippen molar-refractivity contribution in [2.75, 3.05) is 0 Å². The molecule has 1 saturated heterocycles. The first kappa shape index (κ1) is 21.4. The van der Waals surface area contributed by atoms with Gasteiger partial charge in [0.15, 0.2) is 11.3 Å². The fourth-order valence-corrected chi connectivity index (χ4v) is 3.62. The number of aromatic nitrogens is 2. The van der Waals surface area contributed by atoms with Crippen LogP contribution in [0.3, 0.4) is 0 Å². The summed E-state index contributed by atoms with van der Waals surface area (Å²) in [5.74, 6) is -1.97. The minimum atomic E-state index is -4.95. The van der Waals surface area contributed by atoms with E-state index in [1.165, 1.54) is 42.6 Å². The predicted molar refractivity (Wildman–Crippen MR) is 104 cm³/mol. The molecular formula is C19H11ClF3N5O4. The number of nitro benzene ring substituents is 1. The molecule has 2 unspecified atom stereocenters. The predicted octanol–water partition coefficient (Wildman–Crippen LogP) is 3.39. The molecule has 2 amide bonds. The van der Waals surface area contributed by atoms with E-state index >= 15 is 0 Å². The number of pyridine rings is 2. The van der Waals surface area contributed by atoms with Crippen molar-refractivity contribution in [2.45, 2.75) is 17.6 Å². The van der Waals surface area contributed by atoms with Crippen LogP contribution in [-0.4, -0.2) is 37.1 Å². The van der Waals surface area contributed by atoms with Crippen molar-refractivity contribution in [3.05, 3.63) is 75.6 Å². The van der Waals surface area contributed by atoms with E-state index in [4.69, 9.17) is 11.6 Å². The highest BCUT2D eigenvalue weighted by Crippen LogP contribution is 2.38. The van der Waals surface area contributed by atoms with E-state index in [0.29, 0.717) is 5.56 Å². The van der Waals surface area contributed by atoms with Gasteiger partial charge >= 0.3 is 6.18 Å². The molecule has 1 fully saturated rings. The average molecular weight is 466 g/mol. The van der Waals surface area contributed by atoms with E-state index in [9.17, 15) is 32.9 Å². The van der Waals surface area contributed by atoms with Gasteiger partial charge in [0, 0.05) is 23.7 Å². The quantitative estimate of drug-likeness (QED) is 0.273. The largest absolute Gasteiger partial charge is 0.434 e. The second-order valence-electron chi connectivity index (χ2n) is 6.78. The molecule has 2 atom stereocenters. The highest BCUT2D eigenvalue weighted by atomic mass is 35.5. The lowest BCUT2D eigenvalue weighted by Crippen LogP contribution is -2.63. The van der Waals surface area contributed by atoms with Crippen molar-refractivity contribution in [3.8, 4) is 0 Å². The summed E-state index contributed by atoms with van der Waals surface area (Å²) in [4.78, 5) is 42.4. The number of hydrogen-bond donors (Lipinski definition) is 1. The molecule has 0 saturated carbocycles. The Morgan fingerprint density at radius 3 is 2.53 bits per heavy atom. The Labute approximate surface area is 181 Å². The van der Waals surface area contributed by atoms with Gasteiger partial charge in [0.1, 0.15) is 11.4 Å². The number of halogens is 4. The van der Waals surface area contributed by atoms with E-state index in [1.54, 1.807) is 0 Å². The summed E-state index contributed by atoms with van der Waals surface area (Å²) in [7, 11) is 0. The van der Waals surface area contributed by atoms with Gasteiger partial charge in [-0.05, 0) is 35.9 Å².